The average Bonchev–Trinajstić information content (AvgIpc) is 3.41. The number of rotatable bonds is 6. The van der Waals surface area contributed by atoms with Gasteiger partial charge in [0.15, 0.2) is 0 Å². The molecule has 0 unspecified atom stereocenters. The average molecular weight is 543 g/mol. The smallest absolute Gasteiger partial charge is 0.340 e. The number of esters is 1. The molecule has 3 N–H and O–H groups in total. The molecule has 192 valence electrons. The number of anilines is 1. The molecule has 0 radical (unpaired) electrons. The van der Waals surface area contributed by atoms with E-state index in [4.69, 9.17) is 22.1 Å². The summed E-state index contributed by atoms with van der Waals surface area (Å²) in [4.78, 5) is 47.2. The lowest BCUT2D eigenvalue weighted by atomic mass is 10.1. The van der Waals surface area contributed by atoms with Crippen LogP contribution in [0, 0.1) is 5.82 Å². The van der Waals surface area contributed by atoms with Crippen LogP contribution in [0.1, 0.15) is 22.3 Å². The molecule has 1 fully saturated rings. The van der Waals surface area contributed by atoms with Gasteiger partial charge in [-0.1, -0.05) is 23.7 Å². The van der Waals surface area contributed by atoms with Crippen molar-refractivity contribution in [2.24, 2.45) is 0 Å². The first-order valence-corrected chi connectivity index (χ1v) is 10.9. The van der Waals surface area contributed by atoms with Crippen molar-refractivity contribution < 1.29 is 27.9 Å². The van der Waals surface area contributed by atoms with E-state index in [1.165, 1.54) is 42.4 Å². The van der Waals surface area contributed by atoms with Gasteiger partial charge >= 0.3 is 5.97 Å². The number of nitrogen functional groups attached to an aromatic ring is 1. The number of nitrogens with two attached hydrogens (primary N) is 1. The fourth-order valence-electron chi connectivity index (χ4n) is 4.06. The lowest BCUT2D eigenvalue weighted by molar-refractivity contribution is -0.139. The van der Waals surface area contributed by atoms with Gasteiger partial charge < -0.3 is 25.3 Å². The predicted octanol–water partition coefficient (Wildman–Crippen LogP) is 2.27. The van der Waals surface area contributed by atoms with Crippen LogP contribution in [-0.2, 0) is 27.4 Å². The van der Waals surface area contributed by atoms with E-state index in [1.807, 2.05) is 0 Å². The molecule has 1 aliphatic heterocycles. The van der Waals surface area contributed by atoms with Crippen molar-refractivity contribution in [2.75, 3.05) is 19.4 Å². The van der Waals surface area contributed by atoms with Crippen LogP contribution >= 0.6 is 24.0 Å². The Morgan fingerprint density at radius 1 is 1.31 bits per heavy atom. The Balaban J connectivity index is 0.00000361. The third-order valence-corrected chi connectivity index (χ3v) is 6.04. The number of fused-ring (bicyclic) bond motifs is 1. The molecule has 1 aliphatic rings. The highest BCUT2D eigenvalue weighted by molar-refractivity contribution is 6.30. The summed E-state index contributed by atoms with van der Waals surface area (Å²) in [6.07, 6.45) is 0.908. The van der Waals surface area contributed by atoms with Crippen LogP contribution in [0.2, 0.25) is 5.02 Å². The van der Waals surface area contributed by atoms with Crippen LogP contribution in [-0.4, -0.2) is 63.1 Å². The van der Waals surface area contributed by atoms with Crippen molar-refractivity contribution in [3.63, 3.8) is 0 Å². The highest BCUT2D eigenvalue weighted by atomic mass is 35.5. The Labute approximate surface area is 215 Å². The molecule has 4 rings (SSSR count). The maximum absolute atomic E-state index is 14.3. The van der Waals surface area contributed by atoms with Gasteiger partial charge in [-0.3, -0.25) is 9.59 Å². The number of benzene rings is 1. The first kappa shape index (κ1) is 27.1. The molecule has 2 atom stereocenters. The minimum atomic E-state index is -1.41. The molecule has 2 amide bonds. The quantitative estimate of drug-likeness (QED) is 0.456. The van der Waals surface area contributed by atoms with Crippen molar-refractivity contribution >= 4 is 58.6 Å². The molecule has 3 heterocycles. The second-order valence-corrected chi connectivity index (χ2v) is 8.35. The maximum atomic E-state index is 14.3. The molecule has 1 aromatic carbocycles. The number of alkyl halides is 1. The van der Waals surface area contributed by atoms with E-state index in [0.717, 1.165) is 4.90 Å². The zero-order valence-corrected chi connectivity index (χ0v) is 20.5. The number of ether oxygens (including phenoxy) is 1. The summed E-state index contributed by atoms with van der Waals surface area (Å²) >= 11 is 5.76. The van der Waals surface area contributed by atoms with E-state index in [-0.39, 0.29) is 71.5 Å². The van der Waals surface area contributed by atoms with E-state index in [0.29, 0.717) is 0 Å². The number of carbonyl (C=O) groups excluding carboxylic acids is 3. The second kappa shape index (κ2) is 11.0. The second-order valence-electron chi connectivity index (χ2n) is 7.95. The number of halogens is 4. The number of amides is 2. The van der Waals surface area contributed by atoms with Gasteiger partial charge in [-0.05, 0) is 6.07 Å². The molecule has 14 heteroatoms. The van der Waals surface area contributed by atoms with Gasteiger partial charge in [-0.25, -0.2) is 23.5 Å². The number of likely N-dealkylation sites (tertiary alicyclic amines) is 1. The Morgan fingerprint density at radius 3 is 2.78 bits per heavy atom. The highest BCUT2D eigenvalue weighted by Crippen LogP contribution is 2.26. The van der Waals surface area contributed by atoms with E-state index in [1.54, 1.807) is 0 Å². The topological polar surface area (TPSA) is 132 Å². The summed E-state index contributed by atoms with van der Waals surface area (Å²) in [6, 6.07) is 3.28. The third-order valence-electron chi connectivity index (χ3n) is 5.75. The molecule has 10 nitrogen and oxygen atoms in total. The van der Waals surface area contributed by atoms with E-state index in [9.17, 15) is 23.2 Å². The van der Waals surface area contributed by atoms with Crippen LogP contribution in [0.4, 0.5) is 14.6 Å². The number of carbonyl (C=O) groups is 3. The highest BCUT2D eigenvalue weighted by Gasteiger charge is 2.40. The summed E-state index contributed by atoms with van der Waals surface area (Å²) in [7, 11) is 1.20. The molecule has 1 saturated heterocycles. The van der Waals surface area contributed by atoms with Gasteiger partial charge in [0.05, 0.1) is 29.6 Å². The van der Waals surface area contributed by atoms with Crippen LogP contribution in [0.15, 0.2) is 30.7 Å². The third kappa shape index (κ3) is 5.19. The molecular weight excluding hydrogens is 521 g/mol. The van der Waals surface area contributed by atoms with Crippen LogP contribution in [0.5, 0.6) is 0 Å². The van der Waals surface area contributed by atoms with Crippen molar-refractivity contribution in [2.45, 2.75) is 31.7 Å². The molecule has 36 heavy (non-hydrogen) atoms. The van der Waals surface area contributed by atoms with Crippen LogP contribution in [0.3, 0.4) is 0 Å². The predicted molar refractivity (Wildman–Crippen MR) is 129 cm³/mol. The number of hydrogen-bond donors (Lipinski definition) is 2. The number of nitrogens with zero attached hydrogens (tertiary/aromatic N) is 4. The monoisotopic (exact) mass is 542 g/mol. The fourth-order valence-corrected chi connectivity index (χ4v) is 4.26. The van der Waals surface area contributed by atoms with Crippen LogP contribution < -0.4 is 11.1 Å². The Bertz CT molecular complexity index is 1320. The molecule has 3 aromatic rings. The zero-order chi connectivity index (χ0) is 25.3. The zero-order valence-electron chi connectivity index (χ0n) is 18.9. The Hall–Kier alpha value is -3.51. The summed E-state index contributed by atoms with van der Waals surface area (Å²) in [5, 5.41) is 2.67. The van der Waals surface area contributed by atoms with E-state index in [2.05, 4.69) is 15.3 Å². The molecule has 0 aliphatic carbocycles. The largest absolute Gasteiger partial charge is 0.465 e. The molecular formula is C22H22Cl2F2N6O4. The minimum Gasteiger partial charge on any atom is -0.465 e. The SMILES string of the molecule is COC(=O)c1cn(CC(=O)N2C[C@H](F)C[C@H]2C(=O)NCc2cccc(Cl)c2F)c2ncnc(N)c12.Cl. The first-order chi connectivity index (χ1) is 16.7. The molecule has 2 aromatic heterocycles. The van der Waals surface area contributed by atoms with E-state index < -0.39 is 35.8 Å². The Morgan fingerprint density at radius 2 is 2.06 bits per heavy atom. The summed E-state index contributed by atoms with van der Waals surface area (Å²) in [5.41, 5.74) is 6.32. The van der Waals surface area contributed by atoms with Crippen molar-refractivity contribution in [3.8, 4) is 0 Å². The molecule has 0 bridgehead atoms. The number of methoxy groups -OCH3 is 1. The van der Waals surface area contributed by atoms with Crippen molar-refractivity contribution in [1.82, 2.24) is 24.8 Å². The number of nitrogens with one attached hydrogen (secondary N) is 1. The van der Waals surface area contributed by atoms with Gasteiger partial charge in [0.1, 0.15) is 42.4 Å². The lowest BCUT2D eigenvalue weighted by Crippen LogP contribution is -2.46. The number of aromatic nitrogens is 3. The van der Waals surface area contributed by atoms with Gasteiger partial charge in [0.2, 0.25) is 11.8 Å². The van der Waals surface area contributed by atoms with Gasteiger partial charge in [-0.2, -0.15) is 0 Å². The fraction of sp³-hybridized carbons (Fsp3) is 0.318. The first-order valence-electron chi connectivity index (χ1n) is 10.5. The van der Waals surface area contributed by atoms with Gasteiger partial charge in [0.25, 0.3) is 0 Å². The van der Waals surface area contributed by atoms with Crippen LogP contribution in [0.25, 0.3) is 11.0 Å². The molecule has 0 spiro atoms. The summed E-state index contributed by atoms with van der Waals surface area (Å²) in [6.45, 7) is -0.812. The van der Waals surface area contributed by atoms with Gasteiger partial charge in [-0.15, -0.1) is 12.4 Å². The standard InChI is InChI=1S/C22H21ClF2N6O4.ClH/c1-35-22(34)13-8-30(20-17(13)19(26)28-10-29-20)9-16(32)31-7-12(24)5-15(31)21(33)27-6-11-3-2-4-14(23)18(11)25;/h2-4,8,10,12,15H,5-7,9H2,1H3,(H,27,33)(H2,26,28,29);1H/t12-,15+;/m1./s1. The van der Waals surface area contributed by atoms with E-state index >= 15 is 0 Å². The summed E-state index contributed by atoms with van der Waals surface area (Å²) in [5.74, 6) is -2.54. The maximum Gasteiger partial charge on any atom is 0.340 e. The van der Waals surface area contributed by atoms with Gasteiger partial charge in [0, 0.05) is 24.7 Å². The van der Waals surface area contributed by atoms with Crippen molar-refractivity contribution in [3.05, 3.63) is 52.7 Å². The minimum absolute atomic E-state index is 0. The van der Waals surface area contributed by atoms with Crippen molar-refractivity contribution in [1.29, 1.82) is 0 Å². The summed E-state index contributed by atoms with van der Waals surface area (Å²) < 4.78 is 34.5. The Kier molecular flexibility index (Phi) is 8.31. The number of hydrogen-bond acceptors (Lipinski definition) is 7. The molecule has 0 saturated carbocycles. The normalized spacial score (nSPS) is 17.1. The lowest BCUT2D eigenvalue weighted by Gasteiger charge is -2.24.